The van der Waals surface area contributed by atoms with Crippen molar-refractivity contribution in [2.75, 3.05) is 13.2 Å². The number of nitrogens with one attached hydrogen (secondary N) is 1. The Morgan fingerprint density at radius 3 is 1.03 bits per heavy atom. The fourth-order valence-electron chi connectivity index (χ4n) is 10.8. The Kier molecular flexibility index (Phi) is 64.9. The quantitative estimate of drug-likeness (QED) is 0.0320. The topological polar surface area (TPSA) is 95.9 Å². The van der Waals surface area contributed by atoms with Crippen molar-refractivity contribution in [3.05, 3.63) is 36.5 Å². The van der Waals surface area contributed by atoms with E-state index >= 15 is 0 Å². The summed E-state index contributed by atoms with van der Waals surface area (Å²) in [6.45, 7) is 4.95. The lowest BCUT2D eigenvalue weighted by Crippen LogP contribution is -2.45. The summed E-state index contributed by atoms with van der Waals surface area (Å²) in [4.78, 5) is 24.6. The summed E-state index contributed by atoms with van der Waals surface area (Å²) < 4.78 is 5.47. The normalized spacial score (nSPS) is 12.7. The third-order valence-corrected chi connectivity index (χ3v) is 16.2. The summed E-state index contributed by atoms with van der Waals surface area (Å²) in [5.41, 5.74) is 0. The van der Waals surface area contributed by atoms with Gasteiger partial charge in [0.2, 0.25) is 5.91 Å². The van der Waals surface area contributed by atoms with Gasteiger partial charge in [0.1, 0.15) is 0 Å². The van der Waals surface area contributed by atoms with Crippen molar-refractivity contribution >= 4 is 11.9 Å². The zero-order valence-corrected chi connectivity index (χ0v) is 52.0. The Bertz CT molecular complexity index is 1250. The zero-order chi connectivity index (χ0) is 55.7. The third kappa shape index (κ3) is 63.1. The molecule has 2 atom stereocenters. The monoisotopic (exact) mass is 1080 g/mol. The number of carbonyl (C=O) groups excluding carboxylic acids is 2. The maximum atomic E-state index is 12.5. The molecular weight excluding hydrogens is 947 g/mol. The van der Waals surface area contributed by atoms with E-state index in [1.54, 1.807) is 0 Å². The fraction of sp³-hybridized carbons (Fsp3) is 0.887. The first-order chi connectivity index (χ1) is 38.0. The number of hydrogen-bond donors (Lipinski definition) is 3. The Morgan fingerprint density at radius 1 is 0.364 bits per heavy atom. The van der Waals surface area contributed by atoms with Gasteiger partial charge in [-0.2, -0.15) is 0 Å². The van der Waals surface area contributed by atoms with Gasteiger partial charge < -0.3 is 20.3 Å². The van der Waals surface area contributed by atoms with Gasteiger partial charge in [0.15, 0.2) is 0 Å². The van der Waals surface area contributed by atoms with Crippen LogP contribution in [-0.2, 0) is 14.3 Å². The summed E-state index contributed by atoms with van der Waals surface area (Å²) in [6, 6.07) is -0.545. The van der Waals surface area contributed by atoms with Crippen LogP contribution < -0.4 is 5.32 Å². The second-order valence-electron chi connectivity index (χ2n) is 23.9. The molecule has 6 nitrogen and oxygen atoms in total. The lowest BCUT2D eigenvalue weighted by Gasteiger charge is -2.22. The molecule has 0 bridgehead atoms. The average molecular weight is 1080 g/mol. The molecule has 3 N–H and O–H groups in total. The summed E-state index contributed by atoms with van der Waals surface area (Å²) in [6.07, 6.45) is 84.7. The van der Waals surface area contributed by atoms with Crippen LogP contribution in [0, 0.1) is 0 Å². The highest BCUT2D eigenvalue weighted by molar-refractivity contribution is 5.76. The van der Waals surface area contributed by atoms with Crippen molar-refractivity contribution < 1.29 is 24.5 Å². The van der Waals surface area contributed by atoms with E-state index < -0.39 is 12.1 Å². The number of rotatable bonds is 65. The predicted octanol–water partition coefficient (Wildman–Crippen LogP) is 22.3. The molecule has 0 heterocycles. The molecule has 0 aliphatic rings. The molecule has 0 saturated carbocycles. The molecule has 77 heavy (non-hydrogen) atoms. The largest absolute Gasteiger partial charge is 0.466 e. The van der Waals surface area contributed by atoms with E-state index in [9.17, 15) is 19.8 Å². The van der Waals surface area contributed by atoms with E-state index in [4.69, 9.17) is 4.74 Å². The highest BCUT2D eigenvalue weighted by atomic mass is 16.5. The highest BCUT2D eigenvalue weighted by Crippen LogP contribution is 2.18. The zero-order valence-electron chi connectivity index (χ0n) is 52.0. The first-order valence-corrected chi connectivity index (χ1v) is 34.7. The van der Waals surface area contributed by atoms with Crippen LogP contribution in [0.25, 0.3) is 0 Å². The molecule has 2 unspecified atom stereocenters. The van der Waals surface area contributed by atoms with Gasteiger partial charge in [0.25, 0.3) is 0 Å². The van der Waals surface area contributed by atoms with Gasteiger partial charge in [-0.05, 0) is 83.5 Å². The maximum Gasteiger partial charge on any atom is 0.305 e. The van der Waals surface area contributed by atoms with Gasteiger partial charge in [-0.3, -0.25) is 9.59 Å². The molecule has 0 aromatic rings. The molecule has 0 saturated heterocycles. The van der Waals surface area contributed by atoms with Crippen LogP contribution in [0.4, 0.5) is 0 Å². The van der Waals surface area contributed by atoms with Crippen molar-refractivity contribution in [2.45, 2.75) is 392 Å². The SMILES string of the molecule is CCCCC/C=C\CCCCCCCC(=O)OCCCCCCCCCCC/C=C\C/C=C\CCCCCCCCCCCCCC(=O)NC(CO)C(O)CCCCCCCCCCCCCCCCCCCCCCC. The highest BCUT2D eigenvalue weighted by Gasteiger charge is 2.20. The van der Waals surface area contributed by atoms with E-state index in [0.717, 1.165) is 51.4 Å². The maximum absolute atomic E-state index is 12.5. The van der Waals surface area contributed by atoms with Gasteiger partial charge in [-0.25, -0.2) is 0 Å². The number of aliphatic hydroxyl groups excluding tert-OH is 2. The van der Waals surface area contributed by atoms with Crippen LogP contribution in [0.15, 0.2) is 36.5 Å². The first kappa shape index (κ1) is 75.1. The molecular formula is C71H135NO5. The number of unbranched alkanes of at least 4 members (excludes halogenated alkanes) is 48. The smallest absolute Gasteiger partial charge is 0.305 e. The molecule has 6 heteroatoms. The van der Waals surface area contributed by atoms with Crippen LogP contribution in [-0.4, -0.2) is 47.4 Å². The second kappa shape index (κ2) is 66.6. The minimum atomic E-state index is -0.668. The first-order valence-electron chi connectivity index (χ1n) is 34.7. The van der Waals surface area contributed by atoms with Crippen molar-refractivity contribution in [2.24, 2.45) is 0 Å². The number of carbonyl (C=O) groups is 2. The Morgan fingerprint density at radius 2 is 0.649 bits per heavy atom. The Labute approximate surface area is 481 Å². The molecule has 0 rings (SSSR count). The van der Waals surface area contributed by atoms with Crippen molar-refractivity contribution in [1.82, 2.24) is 5.32 Å². The number of ether oxygens (including phenoxy) is 1. The van der Waals surface area contributed by atoms with Crippen LogP contribution in [0.3, 0.4) is 0 Å². The summed E-state index contributed by atoms with van der Waals surface area (Å²) in [5, 5.41) is 23.4. The van der Waals surface area contributed by atoms with E-state index in [1.165, 1.54) is 295 Å². The minimum absolute atomic E-state index is 0.000874. The van der Waals surface area contributed by atoms with E-state index in [0.29, 0.717) is 25.9 Å². The van der Waals surface area contributed by atoms with Crippen molar-refractivity contribution in [3.63, 3.8) is 0 Å². The number of amides is 1. The summed E-state index contributed by atoms with van der Waals surface area (Å²) in [7, 11) is 0. The third-order valence-electron chi connectivity index (χ3n) is 16.2. The standard InChI is InChI=1S/C71H135NO5/c1-3-5-7-9-11-13-15-17-18-19-20-28-31-34-37-40-43-47-51-55-59-63-69(74)68(67-73)72-70(75)64-60-56-52-48-44-41-38-35-32-29-26-24-22-21-23-25-27-30-33-36-39-42-46-50-54-58-62-66-77-71(76)65-61-57-53-49-45-16-14-12-10-8-6-4-2/h12,14,21-22,25,27,68-69,73-74H,3-11,13,15-20,23-24,26,28-67H2,1-2H3,(H,72,75)/b14-12-,22-21-,27-25-. The molecule has 0 aliphatic carbocycles. The van der Waals surface area contributed by atoms with E-state index in [-0.39, 0.29) is 18.5 Å². The summed E-state index contributed by atoms with van der Waals surface area (Å²) >= 11 is 0. The predicted molar refractivity (Wildman–Crippen MR) is 338 cm³/mol. The molecule has 454 valence electrons. The van der Waals surface area contributed by atoms with Crippen molar-refractivity contribution in [1.29, 1.82) is 0 Å². The van der Waals surface area contributed by atoms with Crippen LogP contribution in [0.2, 0.25) is 0 Å². The number of aliphatic hydroxyl groups is 2. The lowest BCUT2D eigenvalue weighted by atomic mass is 10.0. The van der Waals surface area contributed by atoms with Gasteiger partial charge in [-0.1, -0.05) is 320 Å². The van der Waals surface area contributed by atoms with E-state index in [1.807, 2.05) is 0 Å². The molecule has 0 spiro atoms. The Hall–Kier alpha value is -1.92. The van der Waals surface area contributed by atoms with Gasteiger partial charge in [0, 0.05) is 12.8 Å². The fourth-order valence-corrected chi connectivity index (χ4v) is 10.8. The van der Waals surface area contributed by atoms with Gasteiger partial charge in [-0.15, -0.1) is 0 Å². The summed E-state index contributed by atoms with van der Waals surface area (Å²) in [5.74, 6) is -0.0336. The van der Waals surface area contributed by atoms with Gasteiger partial charge in [0.05, 0.1) is 25.4 Å². The molecule has 0 aromatic carbocycles. The number of allylic oxidation sites excluding steroid dienone is 6. The molecule has 0 aliphatic heterocycles. The van der Waals surface area contributed by atoms with Gasteiger partial charge >= 0.3 is 5.97 Å². The molecule has 1 amide bonds. The van der Waals surface area contributed by atoms with Crippen LogP contribution >= 0.6 is 0 Å². The van der Waals surface area contributed by atoms with Crippen LogP contribution in [0.1, 0.15) is 380 Å². The molecule has 0 fully saturated rings. The Balaban J connectivity index is 3.43. The number of esters is 1. The van der Waals surface area contributed by atoms with Crippen LogP contribution in [0.5, 0.6) is 0 Å². The lowest BCUT2D eigenvalue weighted by molar-refractivity contribution is -0.143. The van der Waals surface area contributed by atoms with Crippen molar-refractivity contribution in [3.8, 4) is 0 Å². The number of hydrogen-bond acceptors (Lipinski definition) is 5. The molecule has 0 aromatic heterocycles. The molecule has 0 radical (unpaired) electrons. The van der Waals surface area contributed by atoms with E-state index in [2.05, 4.69) is 55.6 Å². The average Bonchev–Trinajstić information content (AvgIpc) is 3.43. The minimum Gasteiger partial charge on any atom is -0.466 e. The second-order valence-corrected chi connectivity index (χ2v) is 23.9.